The minimum absolute atomic E-state index is 0.205. The van der Waals surface area contributed by atoms with Crippen LogP contribution in [-0.2, 0) is 20.9 Å². The van der Waals surface area contributed by atoms with Crippen LogP contribution in [0.5, 0.6) is 0 Å². The molecule has 0 radical (unpaired) electrons. The molecule has 0 saturated carbocycles. The molecule has 2 aliphatic heterocycles. The second-order valence-electron chi connectivity index (χ2n) is 8.03. The third-order valence-corrected chi connectivity index (χ3v) is 5.31. The van der Waals surface area contributed by atoms with E-state index in [1.807, 2.05) is 20.8 Å². The summed E-state index contributed by atoms with van der Waals surface area (Å²) in [7, 11) is 0. The number of fused-ring (bicyclic) bond motifs is 1. The zero-order chi connectivity index (χ0) is 21.8. The van der Waals surface area contributed by atoms with Crippen molar-refractivity contribution in [2.24, 2.45) is 0 Å². The summed E-state index contributed by atoms with van der Waals surface area (Å²) in [4.78, 5) is 50.4. The van der Waals surface area contributed by atoms with Crippen molar-refractivity contribution in [1.82, 2.24) is 10.2 Å². The van der Waals surface area contributed by atoms with Gasteiger partial charge in [-0.2, -0.15) is 0 Å². The SMILES string of the molecule is CC(C)=CCC/C(C)=C/C(=O)Nc1cccc2c1CN(C1CCC(=O)NC1=O)C2=O. The highest BCUT2D eigenvalue weighted by Crippen LogP contribution is 2.32. The molecule has 1 unspecified atom stereocenters. The predicted molar refractivity (Wildman–Crippen MR) is 114 cm³/mol. The van der Waals surface area contributed by atoms with Crippen molar-refractivity contribution in [2.75, 3.05) is 5.32 Å². The first kappa shape index (κ1) is 21.5. The van der Waals surface area contributed by atoms with Gasteiger partial charge in [-0.05, 0) is 52.2 Å². The maximum atomic E-state index is 12.8. The second-order valence-corrected chi connectivity index (χ2v) is 8.03. The highest BCUT2D eigenvalue weighted by molar-refractivity contribution is 6.07. The summed E-state index contributed by atoms with van der Waals surface area (Å²) in [6.07, 6.45) is 5.90. The lowest BCUT2D eigenvalue weighted by molar-refractivity contribution is -0.137. The topological polar surface area (TPSA) is 95.6 Å². The zero-order valence-electron chi connectivity index (χ0n) is 17.6. The average molecular weight is 409 g/mol. The Labute approximate surface area is 176 Å². The number of carbonyl (C=O) groups is 4. The molecule has 0 bridgehead atoms. The Balaban J connectivity index is 1.71. The molecule has 3 rings (SSSR count). The van der Waals surface area contributed by atoms with Crippen molar-refractivity contribution < 1.29 is 19.2 Å². The second kappa shape index (κ2) is 9.07. The van der Waals surface area contributed by atoms with E-state index in [-0.39, 0.29) is 30.7 Å². The van der Waals surface area contributed by atoms with Gasteiger partial charge in [-0.3, -0.25) is 24.5 Å². The van der Waals surface area contributed by atoms with Crippen LogP contribution in [0.25, 0.3) is 0 Å². The van der Waals surface area contributed by atoms with Crippen LogP contribution in [0, 0.1) is 0 Å². The van der Waals surface area contributed by atoms with E-state index in [1.54, 1.807) is 24.3 Å². The van der Waals surface area contributed by atoms with E-state index >= 15 is 0 Å². The molecule has 0 aromatic heterocycles. The van der Waals surface area contributed by atoms with E-state index in [9.17, 15) is 19.2 Å². The lowest BCUT2D eigenvalue weighted by atomic mass is 10.0. The summed E-state index contributed by atoms with van der Waals surface area (Å²) >= 11 is 0. The van der Waals surface area contributed by atoms with Gasteiger partial charge in [0.2, 0.25) is 17.7 Å². The van der Waals surface area contributed by atoms with Crippen LogP contribution in [0.15, 0.2) is 41.5 Å². The maximum absolute atomic E-state index is 12.8. The van der Waals surface area contributed by atoms with Gasteiger partial charge >= 0.3 is 0 Å². The van der Waals surface area contributed by atoms with E-state index in [2.05, 4.69) is 16.7 Å². The van der Waals surface area contributed by atoms with Crippen molar-refractivity contribution in [3.63, 3.8) is 0 Å². The third kappa shape index (κ3) is 4.84. The molecule has 1 atom stereocenters. The first-order chi connectivity index (χ1) is 14.3. The molecule has 0 aliphatic carbocycles. The van der Waals surface area contributed by atoms with Gasteiger partial charge in [0.25, 0.3) is 5.91 Å². The van der Waals surface area contributed by atoms with Crippen LogP contribution >= 0.6 is 0 Å². The fourth-order valence-electron chi connectivity index (χ4n) is 3.76. The molecular weight excluding hydrogens is 382 g/mol. The number of amides is 4. The van der Waals surface area contributed by atoms with Crippen LogP contribution in [0.3, 0.4) is 0 Å². The largest absolute Gasteiger partial charge is 0.322 e. The van der Waals surface area contributed by atoms with Crippen molar-refractivity contribution in [3.8, 4) is 0 Å². The Hall–Kier alpha value is -3.22. The van der Waals surface area contributed by atoms with Crippen LogP contribution in [0.2, 0.25) is 0 Å². The first-order valence-electron chi connectivity index (χ1n) is 10.1. The quantitative estimate of drug-likeness (QED) is 0.429. The van der Waals surface area contributed by atoms with Crippen molar-refractivity contribution in [1.29, 1.82) is 0 Å². The smallest absolute Gasteiger partial charge is 0.255 e. The lowest BCUT2D eigenvalue weighted by Gasteiger charge is -2.29. The zero-order valence-corrected chi connectivity index (χ0v) is 17.6. The molecule has 7 heteroatoms. The van der Waals surface area contributed by atoms with Gasteiger partial charge in [-0.15, -0.1) is 0 Å². The number of nitrogens with zero attached hydrogens (tertiary/aromatic N) is 1. The average Bonchev–Trinajstić information content (AvgIpc) is 2.99. The van der Waals surface area contributed by atoms with E-state index in [0.717, 1.165) is 18.4 Å². The molecule has 2 aliphatic rings. The molecule has 7 nitrogen and oxygen atoms in total. The van der Waals surface area contributed by atoms with E-state index in [0.29, 0.717) is 23.2 Å². The summed E-state index contributed by atoms with van der Waals surface area (Å²) in [5.74, 6) is -1.28. The summed E-state index contributed by atoms with van der Waals surface area (Å²) < 4.78 is 0. The number of hydrogen-bond donors (Lipinski definition) is 2. The molecule has 30 heavy (non-hydrogen) atoms. The number of hydrogen-bond acceptors (Lipinski definition) is 4. The van der Waals surface area contributed by atoms with E-state index in [4.69, 9.17) is 0 Å². The summed E-state index contributed by atoms with van der Waals surface area (Å²) in [5, 5.41) is 5.16. The van der Waals surface area contributed by atoms with E-state index in [1.165, 1.54) is 10.5 Å². The standard InChI is InChI=1S/C23H27N3O4/c1-14(2)6-4-7-15(3)12-21(28)24-18-9-5-8-16-17(18)13-26(23(16)30)19-10-11-20(27)25-22(19)29/h5-6,8-9,12,19H,4,7,10-11,13H2,1-3H3,(H,24,28)(H,25,27,29)/b15-12+. The number of piperidine rings is 1. The van der Waals surface area contributed by atoms with Gasteiger partial charge in [0.1, 0.15) is 6.04 Å². The maximum Gasteiger partial charge on any atom is 0.255 e. The van der Waals surface area contributed by atoms with Crippen LogP contribution in [0.1, 0.15) is 62.4 Å². The number of benzene rings is 1. The van der Waals surface area contributed by atoms with Crippen molar-refractivity contribution in [3.05, 3.63) is 52.6 Å². The van der Waals surface area contributed by atoms with Gasteiger partial charge < -0.3 is 10.2 Å². The Morgan fingerprint density at radius 3 is 2.70 bits per heavy atom. The first-order valence-corrected chi connectivity index (χ1v) is 10.1. The summed E-state index contributed by atoms with van der Waals surface area (Å²) in [5.41, 5.74) is 3.95. The number of allylic oxidation sites excluding steroid dienone is 3. The van der Waals surface area contributed by atoms with Gasteiger partial charge in [-0.1, -0.05) is 23.3 Å². The van der Waals surface area contributed by atoms with Crippen LogP contribution in [0.4, 0.5) is 5.69 Å². The fraction of sp³-hybridized carbons (Fsp3) is 0.391. The minimum atomic E-state index is -0.677. The van der Waals surface area contributed by atoms with Gasteiger partial charge in [0.15, 0.2) is 0 Å². The number of rotatable bonds is 6. The molecule has 1 aromatic rings. The molecule has 2 heterocycles. The predicted octanol–water partition coefficient (Wildman–Crippen LogP) is 3.08. The lowest BCUT2D eigenvalue weighted by Crippen LogP contribution is -2.52. The molecule has 4 amide bonds. The molecule has 1 fully saturated rings. The third-order valence-electron chi connectivity index (χ3n) is 5.31. The van der Waals surface area contributed by atoms with Crippen LogP contribution < -0.4 is 10.6 Å². The van der Waals surface area contributed by atoms with Gasteiger partial charge in [0, 0.05) is 35.9 Å². The monoisotopic (exact) mass is 409 g/mol. The molecule has 1 aromatic carbocycles. The van der Waals surface area contributed by atoms with Crippen molar-refractivity contribution >= 4 is 29.3 Å². The Bertz CT molecular complexity index is 957. The van der Waals surface area contributed by atoms with Gasteiger partial charge in [-0.25, -0.2) is 0 Å². The van der Waals surface area contributed by atoms with Gasteiger partial charge in [0.05, 0.1) is 0 Å². The Morgan fingerprint density at radius 1 is 1.23 bits per heavy atom. The van der Waals surface area contributed by atoms with E-state index < -0.39 is 11.9 Å². The molecule has 1 saturated heterocycles. The number of carbonyl (C=O) groups excluding carboxylic acids is 4. The molecule has 2 N–H and O–H groups in total. The minimum Gasteiger partial charge on any atom is -0.322 e. The number of anilines is 1. The fourth-order valence-corrected chi connectivity index (χ4v) is 3.76. The summed E-state index contributed by atoms with van der Waals surface area (Å²) in [6.45, 7) is 6.23. The van der Waals surface area contributed by atoms with Crippen molar-refractivity contribution in [2.45, 2.75) is 59.0 Å². The molecule has 0 spiro atoms. The Morgan fingerprint density at radius 2 is 2.00 bits per heavy atom. The van der Waals surface area contributed by atoms with Crippen LogP contribution in [-0.4, -0.2) is 34.6 Å². The highest BCUT2D eigenvalue weighted by Gasteiger charge is 2.39. The molecule has 158 valence electrons. The molecular formula is C23H27N3O4. The summed E-state index contributed by atoms with van der Waals surface area (Å²) in [6, 6.07) is 4.49. The number of nitrogens with one attached hydrogen (secondary N) is 2. The number of imide groups is 1. The normalized spacial score (nSPS) is 18.8. The Kier molecular flexibility index (Phi) is 6.50. The highest BCUT2D eigenvalue weighted by atomic mass is 16.2.